The van der Waals surface area contributed by atoms with Crippen molar-refractivity contribution in [1.82, 2.24) is 10.2 Å². The molecule has 1 N–H and O–H groups in total. The highest BCUT2D eigenvalue weighted by Crippen LogP contribution is 2.10. The van der Waals surface area contributed by atoms with Crippen LogP contribution >= 0.6 is 0 Å². The Labute approximate surface area is 138 Å². The van der Waals surface area contributed by atoms with Crippen LogP contribution in [0.4, 0.5) is 0 Å². The normalized spacial score (nSPS) is 17.4. The molecule has 1 fully saturated rings. The minimum atomic E-state index is -2.91. The van der Waals surface area contributed by atoms with E-state index in [1.165, 1.54) is 6.26 Å². The van der Waals surface area contributed by atoms with E-state index in [1.807, 2.05) is 30.3 Å². The number of hydrogen-bond acceptors (Lipinski definition) is 4. The summed E-state index contributed by atoms with van der Waals surface area (Å²) in [5, 5.41) is 3.01. The van der Waals surface area contributed by atoms with Crippen LogP contribution in [-0.2, 0) is 14.6 Å². The van der Waals surface area contributed by atoms with E-state index < -0.39 is 9.84 Å². The second kappa shape index (κ2) is 8.26. The molecular formula is C17H24N2O3S. The third kappa shape index (κ3) is 6.97. The lowest BCUT2D eigenvalue weighted by Crippen LogP contribution is -2.45. The SMILES string of the molecule is CS(=O)(=O)CCN1CCC(NC(=O)/C=C\c2ccccc2)CC1. The zero-order valence-electron chi connectivity index (χ0n) is 13.4. The fourth-order valence-corrected chi connectivity index (χ4v) is 3.17. The van der Waals surface area contributed by atoms with Gasteiger partial charge >= 0.3 is 0 Å². The molecule has 23 heavy (non-hydrogen) atoms. The molecule has 5 nitrogen and oxygen atoms in total. The predicted molar refractivity (Wildman–Crippen MR) is 92.8 cm³/mol. The molecule has 0 atom stereocenters. The highest BCUT2D eigenvalue weighted by atomic mass is 32.2. The number of carbonyl (C=O) groups is 1. The van der Waals surface area contributed by atoms with E-state index in [2.05, 4.69) is 10.2 Å². The minimum Gasteiger partial charge on any atom is -0.350 e. The van der Waals surface area contributed by atoms with Gasteiger partial charge in [-0.2, -0.15) is 0 Å². The average molecular weight is 336 g/mol. The number of likely N-dealkylation sites (tertiary alicyclic amines) is 1. The van der Waals surface area contributed by atoms with Crippen LogP contribution in [0.2, 0.25) is 0 Å². The molecule has 0 unspecified atom stereocenters. The van der Waals surface area contributed by atoms with Crippen molar-refractivity contribution in [3.05, 3.63) is 42.0 Å². The molecule has 0 spiro atoms. The number of nitrogens with one attached hydrogen (secondary N) is 1. The quantitative estimate of drug-likeness (QED) is 0.796. The number of hydrogen-bond donors (Lipinski definition) is 1. The number of nitrogens with zero attached hydrogens (tertiary/aromatic N) is 1. The summed E-state index contributed by atoms with van der Waals surface area (Å²) in [6.07, 6.45) is 6.34. The first-order valence-electron chi connectivity index (χ1n) is 7.86. The fraction of sp³-hybridized carbons (Fsp3) is 0.471. The molecule has 0 aromatic heterocycles. The lowest BCUT2D eigenvalue weighted by atomic mass is 10.1. The number of piperidine rings is 1. The van der Waals surface area contributed by atoms with Gasteiger partial charge in [-0.1, -0.05) is 30.3 Å². The van der Waals surface area contributed by atoms with E-state index in [-0.39, 0.29) is 17.7 Å². The molecule has 1 aromatic rings. The van der Waals surface area contributed by atoms with E-state index in [0.29, 0.717) is 6.54 Å². The van der Waals surface area contributed by atoms with Crippen LogP contribution in [0.25, 0.3) is 6.08 Å². The molecule has 1 aromatic carbocycles. The summed E-state index contributed by atoms with van der Waals surface area (Å²) in [4.78, 5) is 14.1. The number of sulfone groups is 1. The van der Waals surface area contributed by atoms with Crippen LogP contribution < -0.4 is 5.32 Å². The summed E-state index contributed by atoms with van der Waals surface area (Å²) in [6, 6.07) is 9.87. The van der Waals surface area contributed by atoms with Crippen LogP contribution in [0.5, 0.6) is 0 Å². The molecule has 1 amide bonds. The largest absolute Gasteiger partial charge is 0.350 e. The smallest absolute Gasteiger partial charge is 0.244 e. The highest BCUT2D eigenvalue weighted by Gasteiger charge is 2.20. The summed E-state index contributed by atoms with van der Waals surface area (Å²) < 4.78 is 22.4. The van der Waals surface area contributed by atoms with Crippen molar-refractivity contribution in [2.75, 3.05) is 31.6 Å². The molecule has 0 radical (unpaired) electrons. The van der Waals surface area contributed by atoms with E-state index in [9.17, 15) is 13.2 Å². The van der Waals surface area contributed by atoms with Crippen LogP contribution in [-0.4, -0.2) is 56.9 Å². The molecule has 6 heteroatoms. The predicted octanol–water partition coefficient (Wildman–Crippen LogP) is 1.32. The van der Waals surface area contributed by atoms with Gasteiger partial charge in [-0.05, 0) is 24.5 Å². The third-order valence-corrected chi connectivity index (χ3v) is 4.86. The van der Waals surface area contributed by atoms with Gasteiger partial charge in [0.15, 0.2) is 0 Å². The first-order valence-corrected chi connectivity index (χ1v) is 9.92. The van der Waals surface area contributed by atoms with Gasteiger partial charge in [-0.3, -0.25) is 4.79 Å². The van der Waals surface area contributed by atoms with Gasteiger partial charge in [0.1, 0.15) is 9.84 Å². The first-order chi connectivity index (χ1) is 10.9. The lowest BCUT2D eigenvalue weighted by Gasteiger charge is -2.31. The number of amides is 1. The van der Waals surface area contributed by atoms with E-state index in [4.69, 9.17) is 0 Å². The second-order valence-corrected chi connectivity index (χ2v) is 8.26. The molecule has 1 aliphatic heterocycles. The molecule has 1 heterocycles. The molecule has 126 valence electrons. The summed E-state index contributed by atoms with van der Waals surface area (Å²) >= 11 is 0. The Morgan fingerprint density at radius 3 is 2.52 bits per heavy atom. The van der Waals surface area contributed by atoms with Crippen molar-refractivity contribution in [3.8, 4) is 0 Å². The molecular weight excluding hydrogens is 312 g/mol. The summed E-state index contributed by atoms with van der Waals surface area (Å²) in [6.45, 7) is 2.22. The van der Waals surface area contributed by atoms with Gasteiger partial charge in [0.2, 0.25) is 5.91 Å². The molecule has 1 saturated heterocycles. The van der Waals surface area contributed by atoms with Gasteiger partial charge in [-0.15, -0.1) is 0 Å². The Morgan fingerprint density at radius 1 is 1.26 bits per heavy atom. The summed E-state index contributed by atoms with van der Waals surface area (Å²) in [7, 11) is -2.91. The minimum absolute atomic E-state index is 0.0801. The Morgan fingerprint density at radius 2 is 1.91 bits per heavy atom. The maximum Gasteiger partial charge on any atom is 0.244 e. The van der Waals surface area contributed by atoms with E-state index in [1.54, 1.807) is 12.2 Å². The monoisotopic (exact) mass is 336 g/mol. The Bertz CT molecular complexity index is 633. The van der Waals surface area contributed by atoms with Crippen LogP contribution in [0.15, 0.2) is 36.4 Å². The molecule has 0 aliphatic carbocycles. The van der Waals surface area contributed by atoms with Gasteiger partial charge in [0.25, 0.3) is 0 Å². The number of benzene rings is 1. The maximum absolute atomic E-state index is 11.9. The van der Waals surface area contributed by atoms with Crippen LogP contribution in [0.3, 0.4) is 0 Å². The zero-order chi connectivity index (χ0) is 16.7. The highest BCUT2D eigenvalue weighted by molar-refractivity contribution is 7.90. The lowest BCUT2D eigenvalue weighted by molar-refractivity contribution is -0.117. The van der Waals surface area contributed by atoms with Crippen LogP contribution in [0, 0.1) is 0 Å². The van der Waals surface area contributed by atoms with E-state index >= 15 is 0 Å². The Kier molecular flexibility index (Phi) is 6.36. The fourth-order valence-electron chi connectivity index (χ4n) is 2.58. The Hall–Kier alpha value is -1.66. The van der Waals surface area contributed by atoms with Crippen molar-refractivity contribution in [2.24, 2.45) is 0 Å². The first kappa shape index (κ1) is 17.7. The maximum atomic E-state index is 11.9. The average Bonchev–Trinajstić information content (AvgIpc) is 2.53. The van der Waals surface area contributed by atoms with Gasteiger partial charge in [0, 0.05) is 38.0 Å². The molecule has 1 aliphatic rings. The molecule has 0 bridgehead atoms. The zero-order valence-corrected chi connectivity index (χ0v) is 14.3. The van der Waals surface area contributed by atoms with Crippen molar-refractivity contribution < 1.29 is 13.2 Å². The van der Waals surface area contributed by atoms with Crippen molar-refractivity contribution in [3.63, 3.8) is 0 Å². The van der Waals surface area contributed by atoms with E-state index in [0.717, 1.165) is 31.5 Å². The van der Waals surface area contributed by atoms with Crippen molar-refractivity contribution in [1.29, 1.82) is 0 Å². The topological polar surface area (TPSA) is 66.5 Å². The van der Waals surface area contributed by atoms with Gasteiger partial charge in [-0.25, -0.2) is 8.42 Å². The second-order valence-electron chi connectivity index (χ2n) is 6.00. The standard InChI is InChI=1S/C17H24N2O3S/c1-23(21,22)14-13-19-11-9-16(10-12-19)18-17(20)8-7-15-5-3-2-4-6-15/h2-8,16H,9-14H2,1H3,(H,18,20)/b8-7-. The van der Waals surface area contributed by atoms with Crippen molar-refractivity contribution in [2.45, 2.75) is 18.9 Å². The summed E-state index contributed by atoms with van der Waals surface area (Å²) in [5.74, 6) is 0.118. The van der Waals surface area contributed by atoms with Crippen molar-refractivity contribution >= 4 is 21.8 Å². The Balaban J connectivity index is 1.71. The van der Waals surface area contributed by atoms with Gasteiger partial charge < -0.3 is 10.2 Å². The third-order valence-electron chi connectivity index (χ3n) is 3.94. The van der Waals surface area contributed by atoms with Gasteiger partial charge in [0.05, 0.1) is 5.75 Å². The summed E-state index contributed by atoms with van der Waals surface area (Å²) in [5.41, 5.74) is 0.998. The molecule has 0 saturated carbocycles. The molecule has 2 rings (SSSR count). The number of rotatable bonds is 6. The van der Waals surface area contributed by atoms with Crippen LogP contribution in [0.1, 0.15) is 18.4 Å². The number of carbonyl (C=O) groups excluding carboxylic acids is 1.